The number of aliphatic hydroxyl groups excluding tert-OH is 1. The molecule has 0 bridgehead atoms. The maximum absolute atomic E-state index is 13.0. The largest absolute Gasteiger partial charge is 0.387 e. The molecular weight excluding hydrogens is 323 g/mol. The third-order valence-corrected chi connectivity index (χ3v) is 4.61. The average molecular weight is 346 g/mol. The molecule has 134 valence electrons. The predicted molar refractivity (Wildman–Crippen MR) is 91.7 cm³/mol. The van der Waals surface area contributed by atoms with Crippen LogP contribution in [0.1, 0.15) is 41.0 Å². The molecule has 25 heavy (non-hydrogen) atoms. The Kier molecular flexibility index (Phi) is 5.45. The first-order valence-electron chi connectivity index (χ1n) is 8.50. The van der Waals surface area contributed by atoms with Crippen molar-refractivity contribution < 1.29 is 14.3 Å². The highest BCUT2D eigenvalue weighted by atomic mass is 19.1. The van der Waals surface area contributed by atoms with Crippen LogP contribution in [0.3, 0.4) is 0 Å². The minimum Gasteiger partial charge on any atom is -0.387 e. The standard InChI is InChI=1S/C18H23FN4O2/c1-20-18(25)16-8-10-23(21-16)15-3-2-9-22(11-15)12-17(24)13-4-6-14(19)7-5-13/h4-8,10,15,17,24H,2-3,9,11-12H2,1H3,(H,20,25)/t15-,17-/m1/s1. The molecule has 2 aromatic rings. The lowest BCUT2D eigenvalue weighted by atomic mass is 10.0. The third kappa shape index (κ3) is 4.24. The molecule has 2 N–H and O–H groups in total. The molecule has 0 radical (unpaired) electrons. The summed E-state index contributed by atoms with van der Waals surface area (Å²) in [7, 11) is 1.58. The summed E-state index contributed by atoms with van der Waals surface area (Å²) in [6.07, 6.45) is 3.15. The van der Waals surface area contributed by atoms with E-state index in [0.29, 0.717) is 17.8 Å². The molecule has 0 unspecified atom stereocenters. The number of carbonyl (C=O) groups is 1. The fourth-order valence-electron chi connectivity index (χ4n) is 3.24. The van der Waals surface area contributed by atoms with Crippen LogP contribution in [0.4, 0.5) is 4.39 Å². The van der Waals surface area contributed by atoms with Gasteiger partial charge in [0.15, 0.2) is 0 Å². The Morgan fingerprint density at radius 3 is 2.88 bits per heavy atom. The molecule has 1 aliphatic rings. The number of nitrogens with one attached hydrogen (secondary N) is 1. The highest BCUT2D eigenvalue weighted by Gasteiger charge is 2.24. The van der Waals surface area contributed by atoms with Crippen LogP contribution in [-0.4, -0.2) is 52.4 Å². The molecular formula is C18H23FN4O2. The number of piperidine rings is 1. The van der Waals surface area contributed by atoms with Crippen LogP contribution in [0.2, 0.25) is 0 Å². The Morgan fingerprint density at radius 1 is 1.40 bits per heavy atom. The molecule has 0 saturated carbocycles. The monoisotopic (exact) mass is 346 g/mol. The number of hydrogen-bond acceptors (Lipinski definition) is 4. The number of carbonyl (C=O) groups excluding carboxylic acids is 1. The maximum atomic E-state index is 13.0. The van der Waals surface area contributed by atoms with E-state index in [1.807, 2.05) is 10.9 Å². The van der Waals surface area contributed by atoms with Crippen molar-refractivity contribution in [2.75, 3.05) is 26.7 Å². The molecule has 6 nitrogen and oxygen atoms in total. The summed E-state index contributed by atoms with van der Waals surface area (Å²) in [5.74, 6) is -0.502. The number of benzene rings is 1. The van der Waals surface area contributed by atoms with Crippen molar-refractivity contribution in [3.8, 4) is 0 Å². The van der Waals surface area contributed by atoms with Crippen LogP contribution < -0.4 is 5.32 Å². The van der Waals surface area contributed by atoms with E-state index in [9.17, 15) is 14.3 Å². The molecule has 2 atom stereocenters. The zero-order valence-corrected chi connectivity index (χ0v) is 14.2. The number of likely N-dealkylation sites (tertiary alicyclic amines) is 1. The number of aliphatic hydroxyl groups is 1. The van der Waals surface area contributed by atoms with Gasteiger partial charge in [0.2, 0.25) is 0 Å². The molecule has 7 heteroatoms. The molecule has 1 aliphatic heterocycles. The number of hydrogen-bond donors (Lipinski definition) is 2. The Labute approximate surface area is 146 Å². The van der Waals surface area contributed by atoms with Gasteiger partial charge in [-0.25, -0.2) is 4.39 Å². The second-order valence-electron chi connectivity index (χ2n) is 6.38. The number of β-amino-alcohol motifs (C(OH)–C–C–N with tert-alkyl or cyclic N) is 1. The number of aromatic nitrogens is 2. The SMILES string of the molecule is CNC(=O)c1ccn([C@@H]2CCCN(C[C@@H](O)c3ccc(F)cc3)C2)n1. The average Bonchev–Trinajstić information content (AvgIpc) is 3.12. The van der Waals surface area contributed by atoms with E-state index < -0.39 is 6.10 Å². The second-order valence-corrected chi connectivity index (χ2v) is 6.38. The molecule has 1 amide bonds. The van der Waals surface area contributed by atoms with Crippen LogP contribution in [0.5, 0.6) is 0 Å². The van der Waals surface area contributed by atoms with Gasteiger partial charge in [-0.1, -0.05) is 12.1 Å². The van der Waals surface area contributed by atoms with Crippen molar-refractivity contribution in [3.05, 3.63) is 53.6 Å². The van der Waals surface area contributed by atoms with Gasteiger partial charge in [-0.2, -0.15) is 5.10 Å². The quantitative estimate of drug-likeness (QED) is 0.865. The lowest BCUT2D eigenvalue weighted by molar-refractivity contribution is 0.0836. The van der Waals surface area contributed by atoms with E-state index in [4.69, 9.17) is 0 Å². The minimum atomic E-state index is -0.654. The predicted octanol–water partition coefficient (Wildman–Crippen LogP) is 1.75. The van der Waals surface area contributed by atoms with E-state index in [1.54, 1.807) is 25.2 Å². The minimum absolute atomic E-state index is 0.174. The lowest BCUT2D eigenvalue weighted by Gasteiger charge is -2.34. The number of halogens is 1. The summed E-state index contributed by atoms with van der Waals surface area (Å²) in [4.78, 5) is 13.8. The van der Waals surface area contributed by atoms with Crippen LogP contribution >= 0.6 is 0 Å². The summed E-state index contributed by atoms with van der Waals surface area (Å²) in [5, 5.41) is 17.3. The number of nitrogens with zero attached hydrogens (tertiary/aromatic N) is 3. The normalized spacial score (nSPS) is 19.6. The van der Waals surface area contributed by atoms with Gasteiger partial charge in [-0.3, -0.25) is 14.4 Å². The van der Waals surface area contributed by atoms with Gasteiger partial charge in [-0.05, 0) is 43.1 Å². The number of amides is 1. The van der Waals surface area contributed by atoms with E-state index in [-0.39, 0.29) is 17.8 Å². The van der Waals surface area contributed by atoms with Gasteiger partial charge in [0.1, 0.15) is 11.5 Å². The van der Waals surface area contributed by atoms with E-state index >= 15 is 0 Å². The van der Waals surface area contributed by atoms with E-state index in [1.165, 1.54) is 12.1 Å². The molecule has 1 aromatic heterocycles. The summed E-state index contributed by atoms with van der Waals surface area (Å²) in [5.41, 5.74) is 1.12. The van der Waals surface area contributed by atoms with Gasteiger partial charge in [0.05, 0.1) is 12.1 Å². The summed E-state index contributed by atoms with van der Waals surface area (Å²) in [6, 6.07) is 7.84. The molecule has 3 rings (SSSR count). The molecule has 1 aromatic carbocycles. The molecule has 0 aliphatic carbocycles. The van der Waals surface area contributed by atoms with Crippen LogP contribution in [0.25, 0.3) is 0 Å². The van der Waals surface area contributed by atoms with Crippen LogP contribution in [-0.2, 0) is 0 Å². The van der Waals surface area contributed by atoms with Crippen molar-refractivity contribution in [2.24, 2.45) is 0 Å². The van der Waals surface area contributed by atoms with Gasteiger partial charge in [0.25, 0.3) is 5.91 Å². The first-order valence-corrected chi connectivity index (χ1v) is 8.50. The van der Waals surface area contributed by atoms with Crippen molar-refractivity contribution in [2.45, 2.75) is 25.0 Å². The fourth-order valence-corrected chi connectivity index (χ4v) is 3.24. The zero-order chi connectivity index (χ0) is 17.8. The topological polar surface area (TPSA) is 70.4 Å². The molecule has 0 spiro atoms. The Hall–Kier alpha value is -2.25. The van der Waals surface area contributed by atoms with Crippen molar-refractivity contribution in [3.63, 3.8) is 0 Å². The van der Waals surface area contributed by atoms with Crippen molar-refractivity contribution in [1.29, 1.82) is 0 Å². The maximum Gasteiger partial charge on any atom is 0.271 e. The molecule has 2 heterocycles. The lowest BCUT2D eigenvalue weighted by Crippen LogP contribution is -2.39. The highest BCUT2D eigenvalue weighted by molar-refractivity contribution is 5.91. The third-order valence-electron chi connectivity index (χ3n) is 4.61. The second kappa shape index (κ2) is 7.76. The molecule has 1 fully saturated rings. The van der Waals surface area contributed by atoms with Gasteiger partial charge in [-0.15, -0.1) is 0 Å². The smallest absolute Gasteiger partial charge is 0.271 e. The van der Waals surface area contributed by atoms with Crippen molar-refractivity contribution in [1.82, 2.24) is 20.0 Å². The summed E-state index contributed by atoms with van der Waals surface area (Å²) < 4.78 is 14.8. The number of rotatable bonds is 5. The Morgan fingerprint density at radius 2 is 2.16 bits per heavy atom. The Bertz CT molecular complexity index is 716. The summed E-state index contributed by atoms with van der Waals surface area (Å²) >= 11 is 0. The van der Waals surface area contributed by atoms with Crippen LogP contribution in [0.15, 0.2) is 36.5 Å². The van der Waals surface area contributed by atoms with Crippen LogP contribution in [0, 0.1) is 5.82 Å². The summed E-state index contributed by atoms with van der Waals surface area (Å²) in [6.45, 7) is 2.15. The van der Waals surface area contributed by atoms with Crippen molar-refractivity contribution >= 4 is 5.91 Å². The van der Waals surface area contributed by atoms with Gasteiger partial charge < -0.3 is 10.4 Å². The zero-order valence-electron chi connectivity index (χ0n) is 14.2. The first-order chi connectivity index (χ1) is 12.1. The molecule has 1 saturated heterocycles. The van der Waals surface area contributed by atoms with Gasteiger partial charge in [0, 0.05) is 26.3 Å². The highest BCUT2D eigenvalue weighted by Crippen LogP contribution is 2.23. The first kappa shape index (κ1) is 17.6. The fraction of sp³-hybridized carbons (Fsp3) is 0.444. The van der Waals surface area contributed by atoms with Gasteiger partial charge >= 0.3 is 0 Å². The van der Waals surface area contributed by atoms with E-state index in [2.05, 4.69) is 15.3 Å². The van der Waals surface area contributed by atoms with E-state index in [0.717, 1.165) is 25.9 Å². The Balaban J connectivity index is 1.62.